The first-order valence-electron chi connectivity index (χ1n) is 6.24. The zero-order chi connectivity index (χ0) is 15.0. The minimum absolute atomic E-state index is 0.314. The number of benzene rings is 1. The van der Waals surface area contributed by atoms with Gasteiger partial charge in [-0.2, -0.15) is 0 Å². The molecule has 0 unspecified atom stereocenters. The Hall–Kier alpha value is -2.64. The van der Waals surface area contributed by atoms with Crippen molar-refractivity contribution in [3.8, 4) is 0 Å². The summed E-state index contributed by atoms with van der Waals surface area (Å²) in [7, 11) is 0. The molecule has 1 aromatic carbocycles. The van der Waals surface area contributed by atoms with Crippen molar-refractivity contribution >= 4 is 17.9 Å². The fraction of sp³-hybridized carbons (Fsp3) is 0.333. The molecule has 0 aromatic heterocycles. The minimum Gasteiger partial charge on any atom is -0.372 e. The van der Waals surface area contributed by atoms with Crippen molar-refractivity contribution in [2.45, 2.75) is 13.8 Å². The molecule has 0 bridgehead atoms. The molecule has 0 aliphatic heterocycles. The van der Waals surface area contributed by atoms with E-state index in [-0.39, 0.29) is 5.96 Å². The van der Waals surface area contributed by atoms with Gasteiger partial charge in [0, 0.05) is 29.4 Å². The SMILES string of the molecule is CCN(CC)c1ccc(/C=[NH+]/N=C(N)N[N+](=O)[O-])cc1. The highest BCUT2D eigenvalue weighted by Gasteiger charge is 2.02. The standard InChI is InChI=1S/C12H18N6O2/c1-3-17(4-2)11-7-5-10(6-8-11)9-14-15-12(13)16-18(19)20/h5-9H,3-4H2,1-2H3,(H3,13,15,16)/p+1/b14-9+. The number of hydrazine groups is 1. The summed E-state index contributed by atoms with van der Waals surface area (Å²) in [6.45, 7) is 6.10. The maximum atomic E-state index is 10.1. The van der Waals surface area contributed by atoms with Gasteiger partial charge in [0.1, 0.15) is 0 Å². The monoisotopic (exact) mass is 279 g/mol. The molecule has 8 heteroatoms. The van der Waals surface area contributed by atoms with Crippen molar-refractivity contribution < 1.29 is 10.1 Å². The van der Waals surface area contributed by atoms with Crippen LogP contribution in [0.2, 0.25) is 0 Å². The Morgan fingerprint density at radius 2 is 2.05 bits per heavy atom. The Bertz CT molecular complexity index is 493. The molecule has 108 valence electrons. The van der Waals surface area contributed by atoms with Crippen molar-refractivity contribution in [1.82, 2.24) is 5.43 Å². The van der Waals surface area contributed by atoms with E-state index in [9.17, 15) is 10.1 Å². The van der Waals surface area contributed by atoms with Crippen molar-refractivity contribution in [3.05, 3.63) is 39.9 Å². The summed E-state index contributed by atoms with van der Waals surface area (Å²) in [6, 6.07) is 7.85. The molecule has 0 heterocycles. The smallest absolute Gasteiger partial charge is 0.319 e. The second kappa shape index (κ2) is 7.72. The fourth-order valence-electron chi connectivity index (χ4n) is 1.67. The topological polar surface area (TPSA) is 111 Å². The van der Waals surface area contributed by atoms with Gasteiger partial charge in [-0.05, 0) is 38.1 Å². The van der Waals surface area contributed by atoms with Gasteiger partial charge in [-0.15, -0.1) is 5.10 Å². The van der Waals surface area contributed by atoms with Gasteiger partial charge in [0.2, 0.25) is 6.21 Å². The number of anilines is 1. The predicted molar refractivity (Wildman–Crippen MR) is 77.9 cm³/mol. The predicted octanol–water partition coefficient (Wildman–Crippen LogP) is -0.957. The minimum atomic E-state index is -0.778. The van der Waals surface area contributed by atoms with E-state index in [1.807, 2.05) is 24.3 Å². The number of hydrogen-bond donors (Lipinski definition) is 3. The summed E-state index contributed by atoms with van der Waals surface area (Å²) in [5.41, 5.74) is 9.01. The van der Waals surface area contributed by atoms with E-state index in [1.165, 1.54) is 0 Å². The molecule has 0 atom stereocenters. The van der Waals surface area contributed by atoms with E-state index in [2.05, 4.69) is 29.0 Å². The Morgan fingerprint density at radius 1 is 1.45 bits per heavy atom. The maximum Gasteiger partial charge on any atom is 0.319 e. The number of nitro groups is 1. The van der Waals surface area contributed by atoms with Gasteiger partial charge < -0.3 is 10.6 Å². The third kappa shape index (κ3) is 4.92. The van der Waals surface area contributed by atoms with Crippen LogP contribution in [0.3, 0.4) is 0 Å². The molecule has 0 aliphatic rings. The Morgan fingerprint density at radius 3 is 2.55 bits per heavy atom. The highest BCUT2D eigenvalue weighted by Crippen LogP contribution is 2.13. The Kier molecular flexibility index (Phi) is 5.95. The number of nitrogens with two attached hydrogens (primary N) is 1. The molecule has 8 nitrogen and oxygen atoms in total. The van der Waals surface area contributed by atoms with E-state index in [0.717, 1.165) is 24.3 Å². The number of nitrogens with zero attached hydrogens (tertiary/aromatic N) is 3. The van der Waals surface area contributed by atoms with Crippen LogP contribution in [0.4, 0.5) is 5.69 Å². The Balaban J connectivity index is 2.68. The molecule has 0 saturated carbocycles. The van der Waals surface area contributed by atoms with Crippen LogP contribution in [0.25, 0.3) is 0 Å². The largest absolute Gasteiger partial charge is 0.372 e. The quantitative estimate of drug-likeness (QED) is 0.269. The highest BCUT2D eigenvalue weighted by molar-refractivity contribution is 5.77. The van der Waals surface area contributed by atoms with Gasteiger partial charge in [0.25, 0.3) is 0 Å². The van der Waals surface area contributed by atoms with Crippen LogP contribution in [0, 0.1) is 10.1 Å². The lowest BCUT2D eigenvalue weighted by Crippen LogP contribution is -2.64. The first-order chi connectivity index (χ1) is 9.56. The highest BCUT2D eigenvalue weighted by atomic mass is 16.7. The summed E-state index contributed by atoms with van der Waals surface area (Å²) in [6.07, 6.45) is 1.60. The average molecular weight is 279 g/mol. The van der Waals surface area contributed by atoms with Gasteiger partial charge in [-0.25, -0.2) is 10.1 Å². The van der Waals surface area contributed by atoms with Crippen molar-refractivity contribution in [3.63, 3.8) is 0 Å². The lowest BCUT2D eigenvalue weighted by atomic mass is 10.2. The average Bonchev–Trinajstić information content (AvgIpc) is 2.41. The van der Waals surface area contributed by atoms with Gasteiger partial charge in [0.15, 0.2) is 5.03 Å². The molecule has 0 spiro atoms. The van der Waals surface area contributed by atoms with Crippen LogP contribution in [0.1, 0.15) is 19.4 Å². The van der Waals surface area contributed by atoms with Gasteiger partial charge >= 0.3 is 5.96 Å². The van der Waals surface area contributed by atoms with E-state index in [4.69, 9.17) is 5.73 Å². The lowest BCUT2D eigenvalue weighted by molar-refractivity contribution is -0.528. The van der Waals surface area contributed by atoms with Gasteiger partial charge in [0.05, 0.1) is 0 Å². The molecular formula is C12H19N6O2+. The van der Waals surface area contributed by atoms with E-state index in [0.29, 0.717) is 0 Å². The van der Waals surface area contributed by atoms with Crippen molar-refractivity contribution in [1.29, 1.82) is 0 Å². The van der Waals surface area contributed by atoms with Crippen molar-refractivity contribution in [2.75, 3.05) is 18.0 Å². The Labute approximate surface area is 117 Å². The summed E-state index contributed by atoms with van der Waals surface area (Å²) in [5.74, 6) is -0.314. The molecule has 0 radical (unpaired) electrons. The zero-order valence-corrected chi connectivity index (χ0v) is 11.5. The van der Waals surface area contributed by atoms with Crippen LogP contribution in [-0.4, -0.2) is 30.3 Å². The first kappa shape index (κ1) is 15.4. The molecule has 0 aliphatic carbocycles. The van der Waals surface area contributed by atoms with Crippen LogP contribution >= 0.6 is 0 Å². The van der Waals surface area contributed by atoms with E-state index in [1.54, 1.807) is 11.6 Å². The second-order valence-corrected chi connectivity index (χ2v) is 3.90. The summed E-state index contributed by atoms with van der Waals surface area (Å²) in [5, 5.41) is 15.4. The molecule has 20 heavy (non-hydrogen) atoms. The fourth-order valence-corrected chi connectivity index (χ4v) is 1.67. The number of rotatable bonds is 6. The van der Waals surface area contributed by atoms with Crippen LogP contribution in [0.5, 0.6) is 0 Å². The lowest BCUT2D eigenvalue weighted by Gasteiger charge is -2.20. The molecule has 1 aromatic rings. The molecule has 0 amide bonds. The van der Waals surface area contributed by atoms with Crippen LogP contribution < -0.4 is 21.2 Å². The zero-order valence-electron chi connectivity index (χ0n) is 11.5. The first-order valence-corrected chi connectivity index (χ1v) is 6.24. The summed E-state index contributed by atoms with van der Waals surface area (Å²) >= 11 is 0. The maximum absolute atomic E-state index is 10.1. The molecular weight excluding hydrogens is 260 g/mol. The normalized spacial score (nSPS) is 11.6. The third-order valence-electron chi connectivity index (χ3n) is 2.64. The summed E-state index contributed by atoms with van der Waals surface area (Å²) in [4.78, 5) is 12.3. The number of hydrogen-bond acceptors (Lipinski definition) is 4. The second-order valence-electron chi connectivity index (χ2n) is 3.90. The van der Waals surface area contributed by atoms with E-state index < -0.39 is 5.03 Å². The number of nitrogens with one attached hydrogen (secondary N) is 2. The summed E-state index contributed by atoms with van der Waals surface area (Å²) < 4.78 is 0. The van der Waals surface area contributed by atoms with Crippen molar-refractivity contribution in [2.24, 2.45) is 10.8 Å². The molecule has 1 rings (SSSR count). The third-order valence-corrected chi connectivity index (χ3v) is 2.64. The molecule has 0 fully saturated rings. The number of hydrazone groups is 1. The molecule has 0 saturated heterocycles. The molecule has 4 N–H and O–H groups in total. The van der Waals surface area contributed by atoms with E-state index >= 15 is 0 Å². The van der Waals surface area contributed by atoms with Crippen LogP contribution in [0.15, 0.2) is 29.4 Å². The van der Waals surface area contributed by atoms with Gasteiger partial charge in [-0.1, -0.05) is 5.43 Å². The van der Waals surface area contributed by atoms with Gasteiger partial charge in [-0.3, -0.25) is 0 Å². The number of guanidine groups is 1. The van der Waals surface area contributed by atoms with Crippen LogP contribution in [-0.2, 0) is 0 Å².